The Morgan fingerprint density at radius 2 is 2.07 bits per heavy atom. The molecule has 3 aliphatic heterocycles. The first-order valence-electron chi connectivity index (χ1n) is 14.9. The number of phenolic OH excluding ortho intramolecular Hbond substituents is 1. The number of pyridine rings is 1. The number of phenols is 1. The summed E-state index contributed by atoms with van der Waals surface area (Å²) in [5.74, 6) is 0.909. The van der Waals surface area contributed by atoms with Crippen LogP contribution in [0.15, 0.2) is 30.5 Å². The van der Waals surface area contributed by atoms with Crippen LogP contribution in [0.25, 0.3) is 32.9 Å². The summed E-state index contributed by atoms with van der Waals surface area (Å²) in [7, 11) is 0. The molecule has 3 fully saturated rings. The number of terminal acetylenes is 1. The molecular weight excluding hydrogens is 587 g/mol. The number of aromatic hydroxyl groups is 1. The van der Waals surface area contributed by atoms with Crippen LogP contribution in [0.5, 0.6) is 11.8 Å². The molecule has 2 aromatic carbocycles. The van der Waals surface area contributed by atoms with Crippen molar-refractivity contribution in [2.45, 2.75) is 43.5 Å². The number of hydrogen-bond donors (Lipinski definition) is 2. The van der Waals surface area contributed by atoms with Crippen LogP contribution >= 0.6 is 0 Å². The van der Waals surface area contributed by atoms with E-state index in [0.717, 1.165) is 19.4 Å². The van der Waals surface area contributed by atoms with Crippen molar-refractivity contribution in [3.63, 3.8) is 0 Å². The van der Waals surface area contributed by atoms with Crippen molar-refractivity contribution in [1.29, 1.82) is 0 Å². The van der Waals surface area contributed by atoms with Crippen LogP contribution in [0.2, 0.25) is 0 Å². The molecule has 2 aromatic heterocycles. The van der Waals surface area contributed by atoms with Gasteiger partial charge < -0.3 is 24.6 Å². The monoisotopic (exact) mass is 619 g/mol. The van der Waals surface area contributed by atoms with Gasteiger partial charge in [0.2, 0.25) is 0 Å². The number of hydrogen-bond acceptors (Lipinski definition) is 9. The van der Waals surface area contributed by atoms with Crippen LogP contribution < -0.4 is 9.64 Å². The van der Waals surface area contributed by atoms with Crippen molar-refractivity contribution >= 4 is 27.5 Å². The standard InChI is InChI=1S/C33H32F3N5O4/c1-3-22-25(35)6-5-19-11-21(42)12-23(26(19)22)28-27(36)29-24(14-37-28)30(40-9-10-44-17-32(2,43)16-40)39-31(38-29)45-18-33-7-4-8-41(33)15-20(34)13-33/h1,5-6,11-12,14,20,42-43H,4,7-10,13,15-18H2,2H3/t20-,32-,33+/m1/s1. The quantitative estimate of drug-likeness (QED) is 0.316. The number of anilines is 1. The molecule has 3 saturated heterocycles. The predicted octanol–water partition coefficient (Wildman–Crippen LogP) is 4.35. The highest BCUT2D eigenvalue weighted by molar-refractivity contribution is 6.03. The third kappa shape index (κ3) is 5.18. The fourth-order valence-electron chi connectivity index (χ4n) is 7.10. The maximum Gasteiger partial charge on any atom is 0.319 e. The van der Waals surface area contributed by atoms with E-state index in [1.165, 1.54) is 30.5 Å². The van der Waals surface area contributed by atoms with Crippen molar-refractivity contribution in [3.8, 4) is 35.4 Å². The summed E-state index contributed by atoms with van der Waals surface area (Å²) < 4.78 is 57.7. The largest absolute Gasteiger partial charge is 0.508 e. The Morgan fingerprint density at radius 3 is 2.89 bits per heavy atom. The van der Waals surface area contributed by atoms with Crippen LogP contribution in [-0.2, 0) is 4.74 Å². The lowest BCUT2D eigenvalue weighted by Crippen LogP contribution is -2.44. The smallest absolute Gasteiger partial charge is 0.319 e. The first kappa shape index (κ1) is 29.5. The molecule has 234 valence electrons. The van der Waals surface area contributed by atoms with Crippen molar-refractivity contribution in [1.82, 2.24) is 19.9 Å². The fraction of sp³-hybridized carbons (Fsp3) is 0.424. The molecule has 0 radical (unpaired) electrons. The Hall–Kier alpha value is -4.18. The van der Waals surface area contributed by atoms with Crippen molar-refractivity contribution in [3.05, 3.63) is 47.7 Å². The molecule has 5 heterocycles. The number of alkyl halides is 1. The number of rotatable bonds is 5. The fourth-order valence-corrected chi connectivity index (χ4v) is 7.10. The van der Waals surface area contributed by atoms with E-state index in [0.29, 0.717) is 24.9 Å². The second-order valence-electron chi connectivity index (χ2n) is 12.5. The van der Waals surface area contributed by atoms with E-state index in [-0.39, 0.29) is 77.1 Å². The van der Waals surface area contributed by atoms with E-state index < -0.39 is 28.9 Å². The highest BCUT2D eigenvalue weighted by Crippen LogP contribution is 2.42. The second kappa shape index (κ2) is 11.0. The number of halogens is 3. The van der Waals surface area contributed by atoms with Crippen LogP contribution in [0.4, 0.5) is 19.0 Å². The van der Waals surface area contributed by atoms with Gasteiger partial charge in [0, 0.05) is 36.7 Å². The van der Waals surface area contributed by atoms with Gasteiger partial charge in [-0.1, -0.05) is 12.0 Å². The predicted molar refractivity (Wildman–Crippen MR) is 162 cm³/mol. The van der Waals surface area contributed by atoms with Crippen LogP contribution in [0.1, 0.15) is 31.7 Å². The molecular formula is C33H32F3N5O4. The number of β-amino-alcohol motifs (C(OH)–C–C–N with tert-alkyl or cyclic N) is 1. The Labute approximate surface area is 257 Å². The minimum atomic E-state index is -1.22. The zero-order chi connectivity index (χ0) is 31.5. The molecule has 4 aromatic rings. The van der Waals surface area contributed by atoms with E-state index in [9.17, 15) is 19.0 Å². The number of aliphatic hydroxyl groups is 1. The van der Waals surface area contributed by atoms with E-state index in [2.05, 4.69) is 25.8 Å². The Bertz CT molecular complexity index is 1860. The van der Waals surface area contributed by atoms with E-state index >= 15 is 4.39 Å². The topological polar surface area (TPSA) is 104 Å². The van der Waals surface area contributed by atoms with Gasteiger partial charge in [-0.2, -0.15) is 9.97 Å². The highest BCUT2D eigenvalue weighted by atomic mass is 19.1. The average molecular weight is 620 g/mol. The van der Waals surface area contributed by atoms with Gasteiger partial charge in [-0.05, 0) is 49.9 Å². The summed E-state index contributed by atoms with van der Waals surface area (Å²) in [6.07, 6.45) is 8.12. The third-order valence-corrected chi connectivity index (χ3v) is 9.08. The first-order valence-corrected chi connectivity index (χ1v) is 14.9. The second-order valence-corrected chi connectivity index (χ2v) is 12.5. The van der Waals surface area contributed by atoms with Gasteiger partial charge in [0.05, 0.1) is 36.2 Å². The summed E-state index contributed by atoms with van der Waals surface area (Å²) in [4.78, 5) is 17.4. The number of aromatic nitrogens is 3. The van der Waals surface area contributed by atoms with Gasteiger partial charge in [0.1, 0.15) is 47.0 Å². The van der Waals surface area contributed by atoms with Crippen molar-refractivity contribution in [2.75, 3.05) is 50.9 Å². The van der Waals surface area contributed by atoms with E-state index in [4.69, 9.17) is 15.9 Å². The first-order chi connectivity index (χ1) is 21.6. The highest BCUT2D eigenvalue weighted by Gasteiger charge is 2.49. The van der Waals surface area contributed by atoms with Crippen molar-refractivity contribution in [2.24, 2.45) is 0 Å². The van der Waals surface area contributed by atoms with Gasteiger partial charge in [-0.3, -0.25) is 9.88 Å². The number of benzene rings is 2. The lowest BCUT2D eigenvalue weighted by atomic mass is 9.95. The lowest BCUT2D eigenvalue weighted by molar-refractivity contribution is -0.0123. The van der Waals surface area contributed by atoms with Crippen LogP contribution in [0, 0.1) is 24.0 Å². The molecule has 0 saturated carbocycles. The Kier molecular flexibility index (Phi) is 7.23. The van der Waals surface area contributed by atoms with Crippen LogP contribution in [-0.4, -0.2) is 93.4 Å². The summed E-state index contributed by atoms with van der Waals surface area (Å²) in [5.41, 5.74) is -2.05. The molecule has 0 spiro atoms. The van der Waals surface area contributed by atoms with E-state index in [1.807, 2.05) is 0 Å². The van der Waals surface area contributed by atoms with Crippen molar-refractivity contribution < 1.29 is 32.9 Å². The Morgan fingerprint density at radius 1 is 1.22 bits per heavy atom. The normalized spacial score (nSPS) is 25.4. The molecule has 3 atom stereocenters. The number of nitrogens with zero attached hydrogens (tertiary/aromatic N) is 5. The summed E-state index contributed by atoms with van der Waals surface area (Å²) in [5, 5.41) is 22.3. The molecule has 45 heavy (non-hydrogen) atoms. The summed E-state index contributed by atoms with van der Waals surface area (Å²) >= 11 is 0. The molecule has 0 amide bonds. The third-order valence-electron chi connectivity index (χ3n) is 9.08. The molecule has 7 rings (SSSR count). The molecule has 0 bridgehead atoms. The van der Waals surface area contributed by atoms with Gasteiger partial charge in [-0.25, -0.2) is 13.2 Å². The molecule has 12 heteroatoms. The SMILES string of the molecule is C#Cc1c(F)ccc2cc(O)cc(-c3ncc4c(N5CCOC[C@](C)(O)C5)nc(OC[C@@]56CCCN5C[C@H](F)C6)nc4c3F)c12. The lowest BCUT2D eigenvalue weighted by Gasteiger charge is -2.31. The molecule has 9 nitrogen and oxygen atoms in total. The number of ether oxygens (including phenoxy) is 2. The molecule has 0 aliphatic carbocycles. The van der Waals surface area contributed by atoms with E-state index in [1.54, 1.807) is 11.8 Å². The molecule has 0 unspecified atom stereocenters. The maximum absolute atomic E-state index is 16.7. The summed E-state index contributed by atoms with van der Waals surface area (Å²) in [6.45, 7) is 3.75. The zero-order valence-corrected chi connectivity index (χ0v) is 24.7. The maximum atomic E-state index is 16.7. The molecule has 3 aliphatic rings. The minimum absolute atomic E-state index is 0.0889. The zero-order valence-electron chi connectivity index (χ0n) is 24.7. The van der Waals surface area contributed by atoms with Gasteiger partial charge in [0.25, 0.3) is 0 Å². The van der Waals surface area contributed by atoms with Crippen LogP contribution in [0.3, 0.4) is 0 Å². The van der Waals surface area contributed by atoms with Gasteiger partial charge in [0.15, 0.2) is 5.82 Å². The van der Waals surface area contributed by atoms with Gasteiger partial charge >= 0.3 is 6.01 Å². The average Bonchev–Trinajstić information content (AvgIpc) is 3.46. The molecule has 2 N–H and O–H groups in total. The summed E-state index contributed by atoms with van der Waals surface area (Å²) in [6, 6.07) is 5.22. The Balaban J connectivity index is 1.39. The van der Waals surface area contributed by atoms with Gasteiger partial charge in [-0.15, -0.1) is 6.42 Å². The minimum Gasteiger partial charge on any atom is -0.508 e. The number of fused-ring (bicyclic) bond motifs is 3.